The van der Waals surface area contributed by atoms with Crippen molar-refractivity contribution in [3.8, 4) is 40.1 Å². The minimum absolute atomic E-state index is 0.422. The third-order valence-corrected chi connectivity index (χ3v) is 5.05. The summed E-state index contributed by atoms with van der Waals surface area (Å²) < 4.78 is 32.4. The number of methoxy groups -OCH3 is 5. The predicted octanol–water partition coefficient (Wildman–Crippen LogP) is 3.45. The van der Waals surface area contributed by atoms with Gasteiger partial charge in [-0.05, 0) is 43.3 Å². The molecule has 9 nitrogen and oxygen atoms in total. The van der Waals surface area contributed by atoms with Crippen LogP contribution < -0.4 is 23.7 Å². The Morgan fingerprint density at radius 3 is 2.16 bits per heavy atom. The molecule has 0 spiro atoms. The monoisotopic (exact) mass is 443 g/mol. The summed E-state index contributed by atoms with van der Waals surface area (Å²) in [6.07, 6.45) is 0.835. The zero-order valence-corrected chi connectivity index (χ0v) is 19.3. The van der Waals surface area contributed by atoms with E-state index in [0.717, 1.165) is 24.3 Å². The molecule has 0 fully saturated rings. The summed E-state index contributed by atoms with van der Waals surface area (Å²) in [4.78, 5) is 6.64. The smallest absolute Gasteiger partial charge is 0.241 e. The predicted molar refractivity (Wildman–Crippen MR) is 119 cm³/mol. The molecule has 172 valence electrons. The minimum Gasteiger partial charge on any atom is -0.493 e. The minimum atomic E-state index is 0.422. The van der Waals surface area contributed by atoms with E-state index in [1.165, 1.54) is 0 Å². The second-order valence-corrected chi connectivity index (χ2v) is 7.07. The fourth-order valence-electron chi connectivity index (χ4n) is 3.37. The SMILES string of the molecule is COc1ccc(CCN(C)Cc2nc(-c3ccc(OC)c(OC)c3OC)no2)cc1OC. The van der Waals surface area contributed by atoms with Crippen LogP contribution in [0, 0.1) is 0 Å². The Kier molecular flexibility index (Phi) is 7.77. The average Bonchev–Trinajstić information content (AvgIpc) is 3.29. The molecule has 0 atom stereocenters. The second-order valence-electron chi connectivity index (χ2n) is 7.07. The van der Waals surface area contributed by atoms with E-state index in [9.17, 15) is 0 Å². The van der Waals surface area contributed by atoms with Crippen molar-refractivity contribution in [2.24, 2.45) is 0 Å². The van der Waals surface area contributed by atoms with E-state index in [2.05, 4.69) is 15.0 Å². The Morgan fingerprint density at radius 2 is 1.50 bits per heavy atom. The van der Waals surface area contributed by atoms with Gasteiger partial charge in [-0.15, -0.1) is 0 Å². The lowest BCUT2D eigenvalue weighted by molar-refractivity contribution is 0.269. The highest BCUT2D eigenvalue weighted by atomic mass is 16.5. The number of likely N-dealkylation sites (N-methyl/N-ethyl adjacent to an activating group) is 1. The first-order chi connectivity index (χ1) is 15.5. The Hall–Kier alpha value is -3.46. The number of benzene rings is 2. The zero-order valence-electron chi connectivity index (χ0n) is 19.3. The van der Waals surface area contributed by atoms with Crippen molar-refractivity contribution in [3.05, 3.63) is 41.8 Å². The molecule has 1 heterocycles. The molecule has 3 aromatic rings. The molecule has 9 heteroatoms. The highest BCUT2D eigenvalue weighted by Crippen LogP contribution is 2.43. The van der Waals surface area contributed by atoms with E-state index >= 15 is 0 Å². The van der Waals surface area contributed by atoms with E-state index < -0.39 is 0 Å². The van der Waals surface area contributed by atoms with Crippen molar-refractivity contribution < 1.29 is 28.2 Å². The summed E-state index contributed by atoms with van der Waals surface area (Å²) in [7, 11) is 9.95. The van der Waals surface area contributed by atoms with Gasteiger partial charge in [0.05, 0.1) is 47.7 Å². The fourth-order valence-corrected chi connectivity index (χ4v) is 3.37. The van der Waals surface area contributed by atoms with Gasteiger partial charge in [-0.3, -0.25) is 4.90 Å². The van der Waals surface area contributed by atoms with Gasteiger partial charge in [0.25, 0.3) is 0 Å². The number of hydrogen-bond donors (Lipinski definition) is 0. The van der Waals surface area contributed by atoms with Gasteiger partial charge in [-0.25, -0.2) is 0 Å². The Balaban J connectivity index is 1.68. The number of hydrogen-bond acceptors (Lipinski definition) is 9. The summed E-state index contributed by atoms with van der Waals surface area (Å²) in [5.41, 5.74) is 1.81. The van der Waals surface area contributed by atoms with Crippen LogP contribution in [-0.2, 0) is 13.0 Å². The number of aromatic nitrogens is 2. The quantitative estimate of drug-likeness (QED) is 0.442. The molecule has 0 bridgehead atoms. The molecule has 1 aromatic heterocycles. The molecule has 0 saturated heterocycles. The molecular formula is C23H29N3O6. The maximum atomic E-state index is 5.52. The van der Waals surface area contributed by atoms with Gasteiger partial charge >= 0.3 is 0 Å². The summed E-state index contributed by atoms with van der Waals surface area (Å²) >= 11 is 0. The maximum absolute atomic E-state index is 5.52. The second kappa shape index (κ2) is 10.7. The Bertz CT molecular complexity index is 1040. The largest absolute Gasteiger partial charge is 0.493 e. The third-order valence-electron chi connectivity index (χ3n) is 5.05. The topological polar surface area (TPSA) is 88.3 Å². The van der Waals surface area contributed by atoms with Crippen LogP contribution in [0.4, 0.5) is 0 Å². The summed E-state index contributed by atoms with van der Waals surface area (Å²) in [6, 6.07) is 9.52. The molecule has 0 N–H and O–H groups in total. The molecule has 0 saturated carbocycles. The first-order valence-corrected chi connectivity index (χ1v) is 10.1. The normalized spacial score (nSPS) is 10.8. The van der Waals surface area contributed by atoms with Crippen molar-refractivity contribution in [1.82, 2.24) is 15.0 Å². The lowest BCUT2D eigenvalue weighted by Crippen LogP contribution is -2.21. The van der Waals surface area contributed by atoms with Crippen LogP contribution >= 0.6 is 0 Å². The third kappa shape index (κ3) is 5.05. The van der Waals surface area contributed by atoms with Crippen molar-refractivity contribution in [3.63, 3.8) is 0 Å². The van der Waals surface area contributed by atoms with E-state index in [4.69, 9.17) is 28.2 Å². The van der Waals surface area contributed by atoms with Crippen LogP contribution in [0.25, 0.3) is 11.4 Å². The highest BCUT2D eigenvalue weighted by molar-refractivity contribution is 5.72. The summed E-state index contributed by atoms with van der Waals surface area (Å²) in [6.45, 7) is 1.31. The van der Waals surface area contributed by atoms with E-state index in [0.29, 0.717) is 46.8 Å². The van der Waals surface area contributed by atoms with Crippen LogP contribution in [-0.4, -0.2) is 64.2 Å². The van der Waals surface area contributed by atoms with Crippen LogP contribution in [0.1, 0.15) is 11.5 Å². The van der Waals surface area contributed by atoms with Crippen LogP contribution in [0.2, 0.25) is 0 Å². The molecule has 2 aromatic carbocycles. The van der Waals surface area contributed by atoms with Crippen molar-refractivity contribution >= 4 is 0 Å². The van der Waals surface area contributed by atoms with Crippen molar-refractivity contribution in [2.75, 3.05) is 49.1 Å². The molecule has 0 radical (unpaired) electrons. The molecular weight excluding hydrogens is 414 g/mol. The molecule has 0 amide bonds. The molecule has 0 unspecified atom stereocenters. The molecule has 0 aliphatic rings. The zero-order chi connectivity index (χ0) is 23.1. The summed E-state index contributed by atoms with van der Waals surface area (Å²) in [5.74, 6) is 3.89. The van der Waals surface area contributed by atoms with E-state index in [1.54, 1.807) is 41.6 Å². The number of ether oxygens (including phenoxy) is 5. The lowest BCUT2D eigenvalue weighted by atomic mass is 10.1. The molecule has 3 rings (SSSR count). The highest BCUT2D eigenvalue weighted by Gasteiger charge is 2.21. The maximum Gasteiger partial charge on any atom is 0.241 e. The number of nitrogens with zero attached hydrogens (tertiary/aromatic N) is 3. The molecule has 32 heavy (non-hydrogen) atoms. The van der Waals surface area contributed by atoms with E-state index in [1.807, 2.05) is 31.3 Å². The first kappa shape index (κ1) is 23.2. The van der Waals surface area contributed by atoms with Crippen LogP contribution in [0.5, 0.6) is 28.7 Å². The van der Waals surface area contributed by atoms with Gasteiger partial charge in [-0.1, -0.05) is 11.2 Å². The van der Waals surface area contributed by atoms with Gasteiger partial charge in [0.15, 0.2) is 23.0 Å². The Labute approximate surface area is 187 Å². The van der Waals surface area contributed by atoms with Gasteiger partial charge in [0.2, 0.25) is 17.5 Å². The van der Waals surface area contributed by atoms with Gasteiger partial charge in [-0.2, -0.15) is 4.98 Å². The van der Waals surface area contributed by atoms with E-state index in [-0.39, 0.29) is 0 Å². The van der Waals surface area contributed by atoms with Gasteiger partial charge in [0, 0.05) is 6.54 Å². The average molecular weight is 444 g/mol. The van der Waals surface area contributed by atoms with Crippen LogP contribution in [0.15, 0.2) is 34.9 Å². The van der Waals surface area contributed by atoms with Gasteiger partial charge < -0.3 is 28.2 Å². The standard InChI is InChI=1S/C23H29N3O6/c1-26(12-11-15-7-9-17(27-2)19(13-15)29-4)14-20-24-23(25-32-20)16-8-10-18(28-3)22(31-6)21(16)30-5/h7-10,13H,11-12,14H2,1-6H3. The molecule has 0 aliphatic heterocycles. The van der Waals surface area contributed by atoms with Gasteiger partial charge in [0.1, 0.15) is 0 Å². The fraction of sp³-hybridized carbons (Fsp3) is 0.391. The Morgan fingerprint density at radius 1 is 0.812 bits per heavy atom. The number of rotatable bonds is 11. The summed E-state index contributed by atoms with van der Waals surface area (Å²) in [5, 5.41) is 4.12. The van der Waals surface area contributed by atoms with Crippen LogP contribution in [0.3, 0.4) is 0 Å². The lowest BCUT2D eigenvalue weighted by Gasteiger charge is -2.15. The van der Waals surface area contributed by atoms with Crippen molar-refractivity contribution in [2.45, 2.75) is 13.0 Å². The molecule has 0 aliphatic carbocycles. The van der Waals surface area contributed by atoms with Crippen molar-refractivity contribution in [1.29, 1.82) is 0 Å². The first-order valence-electron chi connectivity index (χ1n) is 10.1.